The van der Waals surface area contributed by atoms with E-state index in [-0.39, 0.29) is 5.91 Å². The van der Waals surface area contributed by atoms with Crippen molar-refractivity contribution in [3.05, 3.63) is 55.1 Å². The average molecular weight is 425 g/mol. The van der Waals surface area contributed by atoms with Crippen LogP contribution >= 0.6 is 55.1 Å². The fourth-order valence-electron chi connectivity index (χ4n) is 1.33. The lowest BCUT2D eigenvalue weighted by Gasteiger charge is -2.06. The largest absolute Gasteiger partial charge is 0.321 e. The third-order valence-corrected chi connectivity index (χ3v) is 4.58. The number of amides is 1. The number of benzene rings is 1. The van der Waals surface area contributed by atoms with Gasteiger partial charge in [0.2, 0.25) is 0 Å². The molecule has 0 aliphatic heterocycles. The first-order valence-electron chi connectivity index (χ1n) is 5.05. The molecule has 19 heavy (non-hydrogen) atoms. The molecular formula is C12H6Br2Cl2N2O. The minimum atomic E-state index is -0.256. The number of rotatable bonds is 2. The second-order valence-electron chi connectivity index (χ2n) is 3.58. The van der Waals surface area contributed by atoms with Gasteiger partial charge in [0.25, 0.3) is 5.91 Å². The van der Waals surface area contributed by atoms with Crippen LogP contribution in [0.5, 0.6) is 0 Å². The summed E-state index contributed by atoms with van der Waals surface area (Å²) in [7, 11) is 0. The van der Waals surface area contributed by atoms with Gasteiger partial charge < -0.3 is 5.32 Å². The molecule has 0 aliphatic rings. The van der Waals surface area contributed by atoms with Crippen LogP contribution in [0, 0.1) is 0 Å². The first kappa shape index (κ1) is 14.8. The molecule has 1 aromatic heterocycles. The quantitative estimate of drug-likeness (QED) is 0.676. The summed E-state index contributed by atoms with van der Waals surface area (Å²) in [6, 6.07) is 6.62. The van der Waals surface area contributed by atoms with Gasteiger partial charge in [-0.25, -0.2) is 4.98 Å². The van der Waals surface area contributed by atoms with Crippen molar-refractivity contribution in [2.24, 2.45) is 0 Å². The topological polar surface area (TPSA) is 42.0 Å². The number of halogens is 4. The molecule has 98 valence electrons. The smallest absolute Gasteiger partial charge is 0.255 e. The van der Waals surface area contributed by atoms with Crippen LogP contribution in [0.15, 0.2) is 39.4 Å². The molecule has 7 heteroatoms. The standard InChI is InChI=1S/C12H6Br2Cl2N2O/c13-8-3-6(1-2-10(8)15)12(19)18-7-4-9(14)11(16)17-5-7/h1-5H,(H,18,19). The predicted octanol–water partition coefficient (Wildman–Crippen LogP) is 5.17. The van der Waals surface area contributed by atoms with E-state index in [0.29, 0.717) is 30.4 Å². The van der Waals surface area contributed by atoms with Crippen molar-refractivity contribution in [2.45, 2.75) is 0 Å². The van der Waals surface area contributed by atoms with E-state index in [0.717, 1.165) is 0 Å². The Bertz CT molecular complexity index is 650. The van der Waals surface area contributed by atoms with E-state index in [1.807, 2.05) is 0 Å². The van der Waals surface area contributed by atoms with E-state index in [1.165, 1.54) is 6.20 Å². The van der Waals surface area contributed by atoms with Gasteiger partial charge in [-0.2, -0.15) is 0 Å². The molecule has 3 nitrogen and oxygen atoms in total. The van der Waals surface area contributed by atoms with Crippen molar-refractivity contribution in [2.75, 3.05) is 5.32 Å². The Balaban J connectivity index is 2.20. The lowest BCUT2D eigenvalue weighted by atomic mass is 10.2. The van der Waals surface area contributed by atoms with Gasteiger partial charge in [0.15, 0.2) is 0 Å². The van der Waals surface area contributed by atoms with E-state index in [1.54, 1.807) is 24.3 Å². The molecule has 0 saturated carbocycles. The third kappa shape index (κ3) is 3.69. The summed E-state index contributed by atoms with van der Waals surface area (Å²) in [5.41, 5.74) is 1.04. The second kappa shape index (κ2) is 6.22. The summed E-state index contributed by atoms with van der Waals surface area (Å²) < 4.78 is 1.28. The molecule has 1 N–H and O–H groups in total. The minimum Gasteiger partial charge on any atom is -0.321 e. The molecule has 0 unspecified atom stereocenters. The van der Waals surface area contributed by atoms with Gasteiger partial charge in [0.1, 0.15) is 5.15 Å². The molecule has 1 aromatic carbocycles. The first-order chi connectivity index (χ1) is 8.97. The SMILES string of the molecule is O=C(Nc1cnc(Cl)c(Br)c1)c1ccc(Cl)c(Br)c1. The average Bonchev–Trinajstić information content (AvgIpc) is 2.37. The van der Waals surface area contributed by atoms with Crippen molar-refractivity contribution >= 4 is 66.7 Å². The Kier molecular flexibility index (Phi) is 4.84. The molecule has 1 amide bonds. The number of hydrogen-bond donors (Lipinski definition) is 1. The third-order valence-electron chi connectivity index (χ3n) is 2.24. The van der Waals surface area contributed by atoms with E-state index in [2.05, 4.69) is 42.2 Å². The number of nitrogens with one attached hydrogen (secondary N) is 1. The molecule has 0 fully saturated rings. The Hall–Kier alpha value is -0.620. The van der Waals surface area contributed by atoms with Crippen LogP contribution < -0.4 is 5.32 Å². The maximum atomic E-state index is 12.0. The van der Waals surface area contributed by atoms with Gasteiger partial charge >= 0.3 is 0 Å². The van der Waals surface area contributed by atoms with Gasteiger partial charge in [-0.1, -0.05) is 23.2 Å². The Morgan fingerprint density at radius 2 is 1.89 bits per heavy atom. The number of pyridine rings is 1. The monoisotopic (exact) mass is 422 g/mol. The van der Waals surface area contributed by atoms with Crippen LogP contribution in [0.3, 0.4) is 0 Å². The van der Waals surface area contributed by atoms with Gasteiger partial charge in [-0.3, -0.25) is 4.79 Å². The number of carbonyl (C=O) groups is 1. The number of hydrogen-bond acceptors (Lipinski definition) is 2. The summed E-state index contributed by atoms with van der Waals surface area (Å²) in [5, 5.41) is 3.61. The van der Waals surface area contributed by atoms with Crippen LogP contribution in [0.25, 0.3) is 0 Å². The highest BCUT2D eigenvalue weighted by Crippen LogP contribution is 2.25. The predicted molar refractivity (Wildman–Crippen MR) is 84.1 cm³/mol. The highest BCUT2D eigenvalue weighted by Gasteiger charge is 2.09. The molecule has 0 spiro atoms. The number of anilines is 1. The minimum absolute atomic E-state index is 0.256. The summed E-state index contributed by atoms with van der Waals surface area (Å²) in [6.07, 6.45) is 1.48. The van der Waals surface area contributed by atoms with Crippen molar-refractivity contribution < 1.29 is 4.79 Å². The van der Waals surface area contributed by atoms with Crippen molar-refractivity contribution in [3.8, 4) is 0 Å². The zero-order valence-electron chi connectivity index (χ0n) is 9.25. The molecule has 2 aromatic rings. The highest BCUT2D eigenvalue weighted by molar-refractivity contribution is 9.10. The van der Waals surface area contributed by atoms with E-state index in [4.69, 9.17) is 23.2 Å². The van der Waals surface area contributed by atoms with Gasteiger partial charge in [-0.05, 0) is 56.1 Å². The zero-order chi connectivity index (χ0) is 14.0. The maximum Gasteiger partial charge on any atom is 0.255 e. The first-order valence-corrected chi connectivity index (χ1v) is 7.39. The Morgan fingerprint density at radius 1 is 1.16 bits per heavy atom. The maximum absolute atomic E-state index is 12.0. The molecule has 0 radical (unpaired) electrons. The summed E-state index contributed by atoms with van der Waals surface area (Å²) in [4.78, 5) is 16.0. The fourth-order valence-corrected chi connectivity index (χ4v) is 2.28. The van der Waals surface area contributed by atoms with Crippen LogP contribution in [-0.2, 0) is 0 Å². The van der Waals surface area contributed by atoms with Gasteiger partial charge in [0, 0.05) is 10.0 Å². The van der Waals surface area contributed by atoms with E-state index >= 15 is 0 Å². The summed E-state index contributed by atoms with van der Waals surface area (Å²) >= 11 is 18.2. The molecule has 2 rings (SSSR count). The zero-order valence-corrected chi connectivity index (χ0v) is 13.9. The number of aromatic nitrogens is 1. The van der Waals surface area contributed by atoms with Crippen molar-refractivity contribution in [3.63, 3.8) is 0 Å². The Labute approximate surface area is 136 Å². The highest BCUT2D eigenvalue weighted by atomic mass is 79.9. The van der Waals surface area contributed by atoms with Crippen molar-refractivity contribution in [1.29, 1.82) is 0 Å². The van der Waals surface area contributed by atoms with Crippen molar-refractivity contribution in [1.82, 2.24) is 4.98 Å². The van der Waals surface area contributed by atoms with Crippen LogP contribution in [-0.4, -0.2) is 10.9 Å². The number of carbonyl (C=O) groups excluding carboxylic acids is 1. The lowest BCUT2D eigenvalue weighted by Crippen LogP contribution is -2.12. The van der Waals surface area contributed by atoms with Crippen LogP contribution in [0.1, 0.15) is 10.4 Å². The number of nitrogens with zero attached hydrogens (tertiary/aromatic N) is 1. The molecule has 1 heterocycles. The normalized spacial score (nSPS) is 10.3. The van der Waals surface area contributed by atoms with Crippen LogP contribution in [0.2, 0.25) is 10.2 Å². The molecule has 0 atom stereocenters. The summed E-state index contributed by atoms with van der Waals surface area (Å²) in [5.74, 6) is -0.256. The van der Waals surface area contributed by atoms with E-state index < -0.39 is 0 Å². The molecule has 0 saturated heterocycles. The van der Waals surface area contributed by atoms with Gasteiger partial charge in [0.05, 0.1) is 21.4 Å². The Morgan fingerprint density at radius 3 is 2.53 bits per heavy atom. The molecule has 0 bridgehead atoms. The van der Waals surface area contributed by atoms with Gasteiger partial charge in [-0.15, -0.1) is 0 Å². The van der Waals surface area contributed by atoms with E-state index in [9.17, 15) is 4.79 Å². The fraction of sp³-hybridized carbons (Fsp3) is 0. The lowest BCUT2D eigenvalue weighted by molar-refractivity contribution is 0.102. The summed E-state index contributed by atoms with van der Waals surface area (Å²) in [6.45, 7) is 0. The second-order valence-corrected chi connectivity index (χ2v) is 6.05. The molecule has 0 aliphatic carbocycles. The van der Waals surface area contributed by atoms with Crippen LogP contribution in [0.4, 0.5) is 5.69 Å². The molecular weight excluding hydrogens is 419 g/mol.